The largest absolute Gasteiger partial charge is 0.488 e. The van der Waals surface area contributed by atoms with Crippen LogP contribution in [-0.2, 0) is 11.4 Å². The minimum atomic E-state index is -0.137. The normalized spacial score (nSPS) is 15.0. The van der Waals surface area contributed by atoms with E-state index in [2.05, 4.69) is 5.10 Å². The van der Waals surface area contributed by atoms with E-state index in [0.29, 0.717) is 17.9 Å². The Hall–Kier alpha value is -3.66. The maximum absolute atomic E-state index is 12.9. The van der Waals surface area contributed by atoms with Gasteiger partial charge in [-0.25, -0.2) is 0 Å². The van der Waals surface area contributed by atoms with Crippen LogP contribution in [0.4, 0.5) is 5.69 Å². The topological polar surface area (TPSA) is 41.9 Å². The molecule has 1 aliphatic heterocycles. The van der Waals surface area contributed by atoms with Crippen molar-refractivity contribution in [1.29, 1.82) is 0 Å². The summed E-state index contributed by atoms with van der Waals surface area (Å²) in [6.07, 6.45) is 1.85. The lowest BCUT2D eigenvalue weighted by Gasteiger charge is -2.12. The summed E-state index contributed by atoms with van der Waals surface area (Å²) in [5.41, 5.74) is 3.95. The average molecular weight is 368 g/mol. The molecule has 1 heterocycles. The van der Waals surface area contributed by atoms with Crippen molar-refractivity contribution in [3.63, 3.8) is 0 Å². The molecule has 0 atom stereocenters. The Morgan fingerprint density at radius 2 is 1.54 bits per heavy atom. The van der Waals surface area contributed by atoms with Gasteiger partial charge in [-0.3, -0.25) is 4.79 Å². The first-order valence-corrected chi connectivity index (χ1v) is 9.15. The van der Waals surface area contributed by atoms with Gasteiger partial charge in [-0.15, -0.1) is 0 Å². The number of benzene rings is 3. The number of carbonyl (C=O) groups is 1. The quantitative estimate of drug-likeness (QED) is 0.590. The summed E-state index contributed by atoms with van der Waals surface area (Å²) in [6, 6.07) is 27.2. The van der Waals surface area contributed by atoms with E-state index in [4.69, 9.17) is 4.74 Å². The third-order valence-corrected chi connectivity index (χ3v) is 4.52. The predicted octanol–water partition coefficient (Wildman–Crippen LogP) is 5.07. The molecule has 1 amide bonds. The number of hydrazone groups is 1. The predicted molar refractivity (Wildman–Crippen MR) is 112 cm³/mol. The Bertz CT molecular complexity index is 1040. The van der Waals surface area contributed by atoms with Gasteiger partial charge in [0, 0.05) is 5.56 Å². The molecule has 0 saturated carbocycles. The molecule has 0 bridgehead atoms. The zero-order valence-electron chi connectivity index (χ0n) is 15.6. The van der Waals surface area contributed by atoms with Crippen LogP contribution in [0.1, 0.15) is 18.1 Å². The Morgan fingerprint density at radius 1 is 0.893 bits per heavy atom. The maximum Gasteiger partial charge on any atom is 0.280 e. The van der Waals surface area contributed by atoms with Gasteiger partial charge in [0.05, 0.1) is 17.0 Å². The van der Waals surface area contributed by atoms with Gasteiger partial charge in [-0.05, 0) is 36.8 Å². The van der Waals surface area contributed by atoms with Gasteiger partial charge >= 0.3 is 0 Å². The van der Waals surface area contributed by atoms with Crippen LogP contribution in [-0.4, -0.2) is 11.6 Å². The van der Waals surface area contributed by atoms with Crippen LogP contribution in [0.5, 0.6) is 5.75 Å². The van der Waals surface area contributed by atoms with Crippen molar-refractivity contribution in [2.45, 2.75) is 13.5 Å². The van der Waals surface area contributed by atoms with Crippen LogP contribution in [0.15, 0.2) is 95.6 Å². The number of anilines is 1. The molecule has 4 rings (SSSR count). The van der Waals surface area contributed by atoms with Gasteiger partial charge in [-0.1, -0.05) is 66.7 Å². The summed E-state index contributed by atoms with van der Waals surface area (Å²) < 4.78 is 6.01. The van der Waals surface area contributed by atoms with Crippen LogP contribution in [0.25, 0.3) is 6.08 Å². The standard InChI is InChI=1S/C24H20N2O2/c1-18-22(24(27)26(25-18)21-13-6-3-7-14-21)16-20-12-8-9-15-23(20)28-17-19-10-4-2-5-11-19/h2-16H,17H2,1H3/b22-16-. The Balaban J connectivity index is 1.59. The molecule has 0 aromatic heterocycles. The zero-order valence-corrected chi connectivity index (χ0v) is 15.6. The van der Waals surface area contributed by atoms with E-state index in [1.807, 2.05) is 97.9 Å². The van der Waals surface area contributed by atoms with E-state index < -0.39 is 0 Å². The summed E-state index contributed by atoms with van der Waals surface area (Å²) in [5.74, 6) is 0.596. The second-order valence-electron chi connectivity index (χ2n) is 6.51. The number of carbonyl (C=O) groups excluding carboxylic acids is 1. The summed E-state index contributed by atoms with van der Waals surface area (Å²) in [5, 5.41) is 5.87. The van der Waals surface area contributed by atoms with E-state index >= 15 is 0 Å². The Morgan fingerprint density at radius 3 is 2.29 bits per heavy atom. The number of amides is 1. The number of nitrogens with zero attached hydrogens (tertiary/aromatic N) is 2. The molecule has 0 N–H and O–H groups in total. The number of para-hydroxylation sites is 2. The molecule has 0 fully saturated rings. The molecular formula is C24H20N2O2. The minimum absolute atomic E-state index is 0.137. The molecule has 0 saturated heterocycles. The third kappa shape index (κ3) is 3.71. The van der Waals surface area contributed by atoms with Gasteiger partial charge in [0.2, 0.25) is 0 Å². The minimum Gasteiger partial charge on any atom is -0.488 e. The number of hydrogen-bond acceptors (Lipinski definition) is 3. The van der Waals surface area contributed by atoms with Crippen LogP contribution >= 0.6 is 0 Å². The molecule has 0 aliphatic carbocycles. The first-order chi connectivity index (χ1) is 13.7. The van der Waals surface area contributed by atoms with E-state index in [1.54, 1.807) is 0 Å². The highest BCUT2D eigenvalue weighted by molar-refractivity contribution is 6.32. The molecule has 0 spiro atoms. The van der Waals surface area contributed by atoms with Crippen molar-refractivity contribution in [1.82, 2.24) is 0 Å². The fourth-order valence-corrected chi connectivity index (χ4v) is 3.05. The highest BCUT2D eigenvalue weighted by Crippen LogP contribution is 2.27. The van der Waals surface area contributed by atoms with Crippen molar-refractivity contribution >= 4 is 23.4 Å². The highest BCUT2D eigenvalue weighted by atomic mass is 16.5. The van der Waals surface area contributed by atoms with Crippen LogP contribution in [0.3, 0.4) is 0 Å². The fraction of sp³-hybridized carbons (Fsp3) is 0.0833. The van der Waals surface area contributed by atoms with Gasteiger partial charge < -0.3 is 4.74 Å². The van der Waals surface area contributed by atoms with Crippen LogP contribution in [0.2, 0.25) is 0 Å². The molecule has 0 unspecified atom stereocenters. The van der Waals surface area contributed by atoms with Gasteiger partial charge in [0.15, 0.2) is 0 Å². The lowest BCUT2D eigenvalue weighted by atomic mass is 10.1. The smallest absolute Gasteiger partial charge is 0.280 e. The van der Waals surface area contributed by atoms with E-state index in [1.165, 1.54) is 5.01 Å². The van der Waals surface area contributed by atoms with Gasteiger partial charge in [0.1, 0.15) is 12.4 Å². The maximum atomic E-state index is 12.9. The zero-order chi connectivity index (χ0) is 19.3. The monoisotopic (exact) mass is 368 g/mol. The lowest BCUT2D eigenvalue weighted by molar-refractivity contribution is -0.114. The number of hydrogen-bond donors (Lipinski definition) is 0. The van der Waals surface area contributed by atoms with Gasteiger partial charge in [-0.2, -0.15) is 10.1 Å². The highest BCUT2D eigenvalue weighted by Gasteiger charge is 2.28. The van der Waals surface area contributed by atoms with E-state index in [9.17, 15) is 4.79 Å². The van der Waals surface area contributed by atoms with Crippen LogP contribution < -0.4 is 9.75 Å². The number of ether oxygens (including phenoxy) is 1. The molecule has 3 aromatic rings. The average Bonchev–Trinajstić information content (AvgIpc) is 3.03. The van der Waals surface area contributed by atoms with Crippen molar-refractivity contribution < 1.29 is 9.53 Å². The van der Waals surface area contributed by atoms with E-state index in [0.717, 1.165) is 22.6 Å². The molecule has 4 nitrogen and oxygen atoms in total. The molecule has 1 aliphatic rings. The van der Waals surface area contributed by atoms with Gasteiger partial charge in [0.25, 0.3) is 5.91 Å². The van der Waals surface area contributed by atoms with Crippen molar-refractivity contribution in [3.05, 3.63) is 102 Å². The lowest BCUT2D eigenvalue weighted by Crippen LogP contribution is -2.21. The first kappa shape index (κ1) is 17.7. The van der Waals surface area contributed by atoms with Crippen molar-refractivity contribution in [2.75, 3.05) is 5.01 Å². The number of rotatable bonds is 5. The molecule has 3 aromatic carbocycles. The molecule has 138 valence electrons. The Labute approximate surface area is 164 Å². The fourth-order valence-electron chi connectivity index (χ4n) is 3.05. The third-order valence-electron chi connectivity index (χ3n) is 4.52. The molecule has 28 heavy (non-hydrogen) atoms. The first-order valence-electron chi connectivity index (χ1n) is 9.15. The summed E-state index contributed by atoms with van der Waals surface area (Å²) in [6.45, 7) is 2.32. The van der Waals surface area contributed by atoms with Crippen molar-refractivity contribution in [2.24, 2.45) is 5.10 Å². The SMILES string of the molecule is CC1=NN(c2ccccc2)C(=O)/C1=C\c1ccccc1OCc1ccccc1. The second kappa shape index (κ2) is 7.92. The summed E-state index contributed by atoms with van der Waals surface area (Å²) >= 11 is 0. The summed E-state index contributed by atoms with van der Waals surface area (Å²) in [7, 11) is 0. The van der Waals surface area contributed by atoms with Crippen molar-refractivity contribution in [3.8, 4) is 5.75 Å². The second-order valence-corrected chi connectivity index (χ2v) is 6.51. The molecule has 0 radical (unpaired) electrons. The van der Waals surface area contributed by atoms with Crippen LogP contribution in [0, 0.1) is 0 Å². The summed E-state index contributed by atoms with van der Waals surface area (Å²) in [4.78, 5) is 12.9. The Kier molecular flexibility index (Phi) is 5.02. The molecular weight excluding hydrogens is 348 g/mol. The van der Waals surface area contributed by atoms with E-state index in [-0.39, 0.29) is 5.91 Å². The molecule has 4 heteroatoms.